The summed E-state index contributed by atoms with van der Waals surface area (Å²) in [4.78, 5) is 10.2. The zero-order valence-electron chi connectivity index (χ0n) is 10.5. The number of carboxylic acid groups (broad SMARTS) is 1. The molecule has 8 heteroatoms. The van der Waals surface area contributed by atoms with Gasteiger partial charge in [-0.1, -0.05) is 18.2 Å². The molecule has 0 heterocycles. The average molecular weight is 312 g/mol. The van der Waals surface area contributed by atoms with Gasteiger partial charge in [0.1, 0.15) is 17.1 Å². The molecule has 4 N–H and O–H groups in total. The highest BCUT2D eigenvalue weighted by atomic mass is 32.2. The molecule has 0 atom stereocenters. The maximum absolute atomic E-state index is 10.4. The second-order valence-electron chi connectivity index (χ2n) is 3.79. The molecule has 0 aliphatic carbocycles. The van der Waals surface area contributed by atoms with E-state index in [4.69, 9.17) is 19.9 Å². The standard InChI is InChI=1S/C7H6O4.C6H6O3S/c8-4-1-2-6(9)5(3-4)7(10)11;7-10(8,9)6-4-2-1-3-5-6/h1-3,8-9H,(H,10,11);1-5H,(H,7,8,9). The number of benzene rings is 2. The summed E-state index contributed by atoms with van der Waals surface area (Å²) in [6.45, 7) is 0. The Morgan fingerprint density at radius 3 is 1.90 bits per heavy atom. The van der Waals surface area contributed by atoms with Crippen LogP contribution in [-0.2, 0) is 10.1 Å². The summed E-state index contributed by atoms with van der Waals surface area (Å²) in [7, 11) is -4.00. The van der Waals surface area contributed by atoms with E-state index in [2.05, 4.69) is 0 Å². The molecular weight excluding hydrogens is 300 g/mol. The molecule has 0 bridgehead atoms. The summed E-state index contributed by atoms with van der Waals surface area (Å²) in [5, 5.41) is 26.1. The molecule has 0 fully saturated rings. The van der Waals surface area contributed by atoms with Crippen LogP contribution in [0.3, 0.4) is 0 Å². The SMILES string of the molecule is O=C(O)c1cc(O)ccc1O.O=S(=O)(O)c1ccccc1. The first kappa shape index (κ1) is 16.5. The second kappa shape index (κ2) is 6.73. The molecule has 2 rings (SSSR count). The van der Waals surface area contributed by atoms with Gasteiger partial charge in [0.15, 0.2) is 0 Å². The van der Waals surface area contributed by atoms with Crippen molar-refractivity contribution in [1.29, 1.82) is 0 Å². The van der Waals surface area contributed by atoms with Crippen molar-refractivity contribution in [3.8, 4) is 11.5 Å². The normalized spacial score (nSPS) is 10.3. The summed E-state index contributed by atoms with van der Waals surface area (Å²) >= 11 is 0. The van der Waals surface area contributed by atoms with Crippen molar-refractivity contribution in [3.05, 3.63) is 54.1 Å². The number of hydrogen-bond acceptors (Lipinski definition) is 5. The summed E-state index contributed by atoms with van der Waals surface area (Å²) in [6.07, 6.45) is 0. The van der Waals surface area contributed by atoms with Crippen molar-refractivity contribution in [2.75, 3.05) is 0 Å². The van der Waals surface area contributed by atoms with Crippen LogP contribution < -0.4 is 0 Å². The minimum Gasteiger partial charge on any atom is -0.508 e. The van der Waals surface area contributed by atoms with Gasteiger partial charge in [0.05, 0.1) is 4.90 Å². The Bertz CT molecular complexity index is 723. The van der Waals surface area contributed by atoms with Crippen LogP contribution in [0.1, 0.15) is 10.4 Å². The quantitative estimate of drug-likeness (QED) is 0.490. The molecule has 0 aliphatic heterocycles. The predicted octanol–water partition coefficient (Wildman–Crippen LogP) is 1.73. The lowest BCUT2D eigenvalue weighted by molar-refractivity contribution is 0.0693. The zero-order chi connectivity index (χ0) is 16.0. The number of carboxylic acids is 1. The molecule has 0 saturated carbocycles. The lowest BCUT2D eigenvalue weighted by atomic mass is 10.2. The lowest BCUT2D eigenvalue weighted by Gasteiger charge is -1.98. The van der Waals surface area contributed by atoms with Gasteiger partial charge in [-0.15, -0.1) is 0 Å². The molecule has 0 aromatic heterocycles. The first-order chi connectivity index (χ1) is 9.71. The van der Waals surface area contributed by atoms with Crippen LogP contribution in [0.2, 0.25) is 0 Å². The highest BCUT2D eigenvalue weighted by molar-refractivity contribution is 7.85. The van der Waals surface area contributed by atoms with Crippen LogP contribution in [0, 0.1) is 0 Å². The number of rotatable bonds is 2. The number of phenols is 2. The van der Waals surface area contributed by atoms with Gasteiger partial charge in [0.25, 0.3) is 10.1 Å². The van der Waals surface area contributed by atoms with Crippen LogP contribution in [-0.4, -0.2) is 34.3 Å². The summed E-state index contributed by atoms with van der Waals surface area (Å²) in [5.41, 5.74) is -0.301. The molecule has 7 nitrogen and oxygen atoms in total. The van der Waals surface area contributed by atoms with E-state index in [0.717, 1.165) is 12.1 Å². The van der Waals surface area contributed by atoms with Gasteiger partial charge in [-0.05, 0) is 30.3 Å². The van der Waals surface area contributed by atoms with Crippen molar-refractivity contribution < 1.29 is 33.1 Å². The van der Waals surface area contributed by atoms with E-state index < -0.39 is 16.1 Å². The van der Waals surface area contributed by atoms with Crippen LogP contribution >= 0.6 is 0 Å². The van der Waals surface area contributed by atoms with Crippen molar-refractivity contribution in [2.24, 2.45) is 0 Å². The number of aromatic carboxylic acids is 1. The van der Waals surface area contributed by atoms with E-state index in [-0.39, 0.29) is 22.0 Å². The van der Waals surface area contributed by atoms with Crippen molar-refractivity contribution in [3.63, 3.8) is 0 Å². The maximum Gasteiger partial charge on any atom is 0.339 e. The van der Waals surface area contributed by atoms with Crippen LogP contribution in [0.15, 0.2) is 53.4 Å². The Hall–Kier alpha value is -2.58. The molecule has 0 spiro atoms. The van der Waals surface area contributed by atoms with Crippen LogP contribution in [0.25, 0.3) is 0 Å². The topological polar surface area (TPSA) is 132 Å². The fraction of sp³-hybridized carbons (Fsp3) is 0. The van der Waals surface area contributed by atoms with Crippen molar-refractivity contribution >= 4 is 16.1 Å². The third kappa shape index (κ3) is 5.13. The average Bonchev–Trinajstić information content (AvgIpc) is 2.42. The van der Waals surface area contributed by atoms with E-state index in [1.54, 1.807) is 18.2 Å². The second-order valence-corrected chi connectivity index (χ2v) is 5.22. The maximum atomic E-state index is 10.4. The monoisotopic (exact) mass is 312 g/mol. The van der Waals surface area contributed by atoms with Gasteiger partial charge >= 0.3 is 5.97 Å². The summed E-state index contributed by atoms with van der Waals surface area (Å²) in [6, 6.07) is 10.7. The number of hydrogen-bond donors (Lipinski definition) is 4. The Morgan fingerprint density at radius 2 is 1.52 bits per heavy atom. The minimum absolute atomic E-state index is 0.0741. The van der Waals surface area contributed by atoms with Gasteiger partial charge in [-0.2, -0.15) is 8.42 Å². The molecule has 0 amide bonds. The minimum atomic E-state index is -4.00. The predicted molar refractivity (Wildman–Crippen MR) is 73.0 cm³/mol. The van der Waals surface area contributed by atoms with Gasteiger partial charge in [0.2, 0.25) is 0 Å². The Kier molecular flexibility index (Phi) is 5.28. The van der Waals surface area contributed by atoms with Crippen molar-refractivity contribution in [2.45, 2.75) is 4.90 Å². The van der Waals surface area contributed by atoms with E-state index in [9.17, 15) is 13.2 Å². The molecule has 0 unspecified atom stereocenters. The molecule has 2 aromatic rings. The number of aromatic hydroxyl groups is 2. The number of carbonyl (C=O) groups is 1. The molecule has 21 heavy (non-hydrogen) atoms. The Balaban J connectivity index is 0.000000211. The molecule has 0 saturated heterocycles. The van der Waals surface area contributed by atoms with Crippen molar-refractivity contribution in [1.82, 2.24) is 0 Å². The summed E-state index contributed by atoms with van der Waals surface area (Å²) < 4.78 is 29.2. The largest absolute Gasteiger partial charge is 0.508 e. The highest BCUT2D eigenvalue weighted by Crippen LogP contribution is 2.21. The van der Waals surface area contributed by atoms with Crippen LogP contribution in [0.4, 0.5) is 0 Å². The van der Waals surface area contributed by atoms with Gasteiger partial charge in [-0.3, -0.25) is 4.55 Å². The highest BCUT2D eigenvalue weighted by Gasteiger charge is 2.09. The summed E-state index contributed by atoms with van der Waals surface area (Å²) in [5.74, 6) is -1.80. The first-order valence-corrected chi connectivity index (χ1v) is 6.93. The fourth-order valence-electron chi connectivity index (χ4n) is 1.29. The Labute approximate surface area is 120 Å². The van der Waals surface area contributed by atoms with Gasteiger partial charge in [-0.25, -0.2) is 4.79 Å². The molecule has 112 valence electrons. The third-order valence-corrected chi connectivity index (χ3v) is 3.12. The third-order valence-electron chi connectivity index (χ3n) is 2.25. The fourth-order valence-corrected chi connectivity index (χ4v) is 1.79. The van der Waals surface area contributed by atoms with E-state index in [0.29, 0.717) is 0 Å². The van der Waals surface area contributed by atoms with E-state index >= 15 is 0 Å². The lowest BCUT2D eigenvalue weighted by Crippen LogP contribution is -1.96. The molecular formula is C13H12O7S. The molecule has 0 radical (unpaired) electrons. The molecule has 2 aromatic carbocycles. The van der Waals surface area contributed by atoms with E-state index in [1.807, 2.05) is 0 Å². The zero-order valence-corrected chi connectivity index (χ0v) is 11.4. The van der Waals surface area contributed by atoms with Gasteiger partial charge in [0, 0.05) is 0 Å². The molecule has 0 aliphatic rings. The van der Waals surface area contributed by atoms with Gasteiger partial charge < -0.3 is 15.3 Å². The Morgan fingerprint density at radius 1 is 0.952 bits per heavy atom. The van der Waals surface area contributed by atoms with E-state index in [1.165, 1.54) is 18.2 Å². The smallest absolute Gasteiger partial charge is 0.339 e. The van der Waals surface area contributed by atoms with Crippen LogP contribution in [0.5, 0.6) is 11.5 Å². The number of phenolic OH excluding ortho intramolecular Hbond substituents is 1. The first-order valence-electron chi connectivity index (χ1n) is 5.49.